The van der Waals surface area contributed by atoms with Gasteiger partial charge in [0.15, 0.2) is 5.82 Å². The molecule has 0 saturated heterocycles. The van der Waals surface area contributed by atoms with Crippen molar-refractivity contribution in [3.8, 4) is 0 Å². The number of benzene rings is 1. The van der Waals surface area contributed by atoms with Crippen molar-refractivity contribution in [1.82, 2.24) is 9.55 Å². The van der Waals surface area contributed by atoms with Gasteiger partial charge in [-0.3, -0.25) is 0 Å². The van der Waals surface area contributed by atoms with E-state index in [0.29, 0.717) is 11.4 Å². The average Bonchev–Trinajstić information content (AvgIpc) is 2.66. The Kier molecular flexibility index (Phi) is 3.29. The molecular formula is C11H9ClFN3O2. The van der Waals surface area contributed by atoms with Gasteiger partial charge in [-0.25, -0.2) is 13.9 Å². The molecule has 1 heterocycles. The molecule has 0 fully saturated rings. The molecule has 0 amide bonds. The first kappa shape index (κ1) is 12.5. The molecule has 0 N–H and O–H groups in total. The van der Waals surface area contributed by atoms with Gasteiger partial charge in [-0.1, -0.05) is 17.7 Å². The molecule has 0 saturated carbocycles. The van der Waals surface area contributed by atoms with Crippen LogP contribution in [0.3, 0.4) is 0 Å². The fraction of sp³-hybridized carbons (Fsp3) is 0.182. The van der Waals surface area contributed by atoms with Crippen LogP contribution in [0, 0.1) is 22.9 Å². The minimum Gasteiger partial charge on any atom is -0.358 e. The lowest BCUT2D eigenvalue weighted by Gasteiger charge is -2.04. The molecule has 2 rings (SSSR count). The monoisotopic (exact) mass is 269 g/mol. The summed E-state index contributed by atoms with van der Waals surface area (Å²) in [6.45, 7) is 1.89. The Balaban J connectivity index is 2.36. The summed E-state index contributed by atoms with van der Waals surface area (Å²) in [4.78, 5) is 14.2. The Morgan fingerprint density at radius 2 is 2.28 bits per heavy atom. The first-order chi connectivity index (χ1) is 8.49. The second kappa shape index (κ2) is 4.73. The van der Waals surface area contributed by atoms with Gasteiger partial charge >= 0.3 is 5.82 Å². The summed E-state index contributed by atoms with van der Waals surface area (Å²) in [5.41, 5.74) is 0.672. The third kappa shape index (κ3) is 2.33. The van der Waals surface area contributed by atoms with Gasteiger partial charge < -0.3 is 10.1 Å². The van der Waals surface area contributed by atoms with Crippen LogP contribution in [0.2, 0.25) is 5.02 Å². The SMILES string of the molecule is Cc1ncc([N+](=O)[O-])n1Cc1ccc(F)c(Cl)c1. The largest absolute Gasteiger partial charge is 0.358 e. The van der Waals surface area contributed by atoms with Crippen LogP contribution in [-0.4, -0.2) is 14.5 Å². The first-order valence-corrected chi connectivity index (χ1v) is 5.47. The van der Waals surface area contributed by atoms with Gasteiger partial charge in [0.1, 0.15) is 18.6 Å². The van der Waals surface area contributed by atoms with E-state index in [1.807, 2.05) is 0 Å². The number of nitro groups is 1. The van der Waals surface area contributed by atoms with Gasteiger partial charge in [0.25, 0.3) is 0 Å². The number of nitrogens with zero attached hydrogens (tertiary/aromatic N) is 3. The van der Waals surface area contributed by atoms with Gasteiger partial charge in [-0.15, -0.1) is 0 Å². The highest BCUT2D eigenvalue weighted by atomic mass is 35.5. The molecule has 0 spiro atoms. The maximum absolute atomic E-state index is 13.0. The van der Waals surface area contributed by atoms with Gasteiger partial charge in [-0.05, 0) is 22.6 Å². The van der Waals surface area contributed by atoms with E-state index in [9.17, 15) is 14.5 Å². The Hall–Kier alpha value is -1.95. The molecule has 2 aromatic rings. The zero-order chi connectivity index (χ0) is 13.3. The summed E-state index contributed by atoms with van der Waals surface area (Å²) in [6, 6.07) is 4.21. The summed E-state index contributed by atoms with van der Waals surface area (Å²) < 4.78 is 14.4. The van der Waals surface area contributed by atoms with E-state index in [1.54, 1.807) is 6.92 Å². The molecule has 1 aromatic heterocycles. The number of rotatable bonds is 3. The predicted molar refractivity (Wildman–Crippen MR) is 64.1 cm³/mol. The highest BCUT2D eigenvalue weighted by molar-refractivity contribution is 6.30. The molecule has 0 atom stereocenters. The maximum atomic E-state index is 13.0. The molecular weight excluding hydrogens is 261 g/mol. The first-order valence-electron chi connectivity index (χ1n) is 5.09. The number of aromatic nitrogens is 2. The van der Waals surface area contributed by atoms with Crippen LogP contribution < -0.4 is 0 Å². The number of hydrogen-bond donors (Lipinski definition) is 0. The van der Waals surface area contributed by atoms with E-state index in [-0.39, 0.29) is 17.4 Å². The Bertz CT molecular complexity index is 612. The van der Waals surface area contributed by atoms with E-state index >= 15 is 0 Å². The highest BCUT2D eigenvalue weighted by Crippen LogP contribution is 2.20. The van der Waals surface area contributed by atoms with E-state index in [4.69, 9.17) is 11.6 Å². The van der Waals surface area contributed by atoms with Gasteiger partial charge in [-0.2, -0.15) is 0 Å². The summed E-state index contributed by atoms with van der Waals surface area (Å²) in [7, 11) is 0. The summed E-state index contributed by atoms with van der Waals surface area (Å²) in [6.07, 6.45) is 1.19. The Morgan fingerprint density at radius 1 is 1.56 bits per heavy atom. The van der Waals surface area contributed by atoms with E-state index in [0.717, 1.165) is 0 Å². The van der Waals surface area contributed by atoms with Crippen molar-refractivity contribution >= 4 is 17.4 Å². The quantitative estimate of drug-likeness (QED) is 0.636. The lowest BCUT2D eigenvalue weighted by atomic mass is 10.2. The van der Waals surface area contributed by atoms with E-state index < -0.39 is 10.7 Å². The van der Waals surface area contributed by atoms with Gasteiger partial charge in [0.05, 0.1) is 5.02 Å². The molecule has 7 heteroatoms. The fourth-order valence-electron chi connectivity index (χ4n) is 1.62. The van der Waals surface area contributed by atoms with Crippen molar-refractivity contribution in [2.24, 2.45) is 0 Å². The van der Waals surface area contributed by atoms with Crippen LogP contribution in [0.5, 0.6) is 0 Å². The number of hydrogen-bond acceptors (Lipinski definition) is 3. The van der Waals surface area contributed by atoms with E-state index in [2.05, 4.69) is 4.98 Å². The zero-order valence-corrected chi connectivity index (χ0v) is 10.2. The van der Waals surface area contributed by atoms with Crippen molar-refractivity contribution < 1.29 is 9.31 Å². The third-order valence-corrected chi connectivity index (χ3v) is 2.84. The Labute approximate surface area is 107 Å². The lowest BCUT2D eigenvalue weighted by molar-refractivity contribution is -0.392. The van der Waals surface area contributed by atoms with Crippen LogP contribution in [0.15, 0.2) is 24.4 Å². The number of imidazole rings is 1. The zero-order valence-electron chi connectivity index (χ0n) is 9.43. The maximum Gasteiger partial charge on any atom is 0.343 e. The summed E-state index contributed by atoms with van der Waals surface area (Å²) >= 11 is 5.66. The van der Waals surface area contributed by atoms with Crippen LogP contribution in [0.25, 0.3) is 0 Å². The van der Waals surface area contributed by atoms with Crippen LogP contribution >= 0.6 is 11.6 Å². The van der Waals surface area contributed by atoms with Crippen LogP contribution in [-0.2, 0) is 6.54 Å². The summed E-state index contributed by atoms with van der Waals surface area (Å²) in [5, 5.41) is 10.8. The smallest absolute Gasteiger partial charge is 0.343 e. The second-order valence-corrected chi connectivity index (χ2v) is 4.16. The molecule has 94 valence electrons. The number of halogens is 2. The molecule has 18 heavy (non-hydrogen) atoms. The Morgan fingerprint density at radius 3 is 2.89 bits per heavy atom. The standard InChI is InChI=1S/C11H9ClFN3O2/c1-7-14-5-11(16(17)18)15(7)6-8-2-3-10(13)9(12)4-8/h2-5H,6H2,1H3. The molecule has 0 aliphatic heterocycles. The molecule has 1 aromatic carbocycles. The number of aryl methyl sites for hydroxylation is 1. The van der Waals surface area contributed by atoms with Gasteiger partial charge in [0.2, 0.25) is 0 Å². The van der Waals surface area contributed by atoms with Crippen molar-refractivity contribution in [3.05, 3.63) is 56.7 Å². The van der Waals surface area contributed by atoms with Crippen molar-refractivity contribution in [2.75, 3.05) is 0 Å². The average molecular weight is 270 g/mol. The molecule has 0 bridgehead atoms. The molecule has 0 unspecified atom stereocenters. The van der Waals surface area contributed by atoms with Crippen LogP contribution in [0.1, 0.15) is 11.4 Å². The predicted octanol–water partition coefficient (Wildman–Crippen LogP) is 2.94. The van der Waals surface area contributed by atoms with Crippen molar-refractivity contribution in [2.45, 2.75) is 13.5 Å². The van der Waals surface area contributed by atoms with Gasteiger partial charge in [0, 0.05) is 6.92 Å². The molecule has 0 radical (unpaired) electrons. The lowest BCUT2D eigenvalue weighted by Crippen LogP contribution is -2.06. The fourth-order valence-corrected chi connectivity index (χ4v) is 1.82. The van der Waals surface area contributed by atoms with Crippen molar-refractivity contribution in [1.29, 1.82) is 0 Å². The van der Waals surface area contributed by atoms with Crippen LogP contribution in [0.4, 0.5) is 10.2 Å². The molecule has 0 aliphatic rings. The normalized spacial score (nSPS) is 10.6. The molecule has 0 aliphatic carbocycles. The topological polar surface area (TPSA) is 61.0 Å². The molecule has 5 nitrogen and oxygen atoms in total. The van der Waals surface area contributed by atoms with Crippen molar-refractivity contribution in [3.63, 3.8) is 0 Å². The second-order valence-electron chi connectivity index (χ2n) is 3.76. The van der Waals surface area contributed by atoms with E-state index in [1.165, 1.54) is 29.0 Å². The minimum absolute atomic E-state index is 0.00655. The highest BCUT2D eigenvalue weighted by Gasteiger charge is 2.17. The minimum atomic E-state index is -0.516. The third-order valence-electron chi connectivity index (χ3n) is 2.55. The summed E-state index contributed by atoms with van der Waals surface area (Å²) in [5.74, 6) is -0.104.